The highest BCUT2D eigenvalue weighted by Gasteiger charge is 2.22. The summed E-state index contributed by atoms with van der Waals surface area (Å²) in [4.78, 5) is 29.0. The first-order chi connectivity index (χ1) is 11.9. The molecule has 1 aromatic carbocycles. The summed E-state index contributed by atoms with van der Waals surface area (Å²) in [6, 6.07) is 4.54. The number of carbonyl (C=O) groups is 2. The van der Waals surface area contributed by atoms with E-state index in [4.69, 9.17) is 14.6 Å². The van der Waals surface area contributed by atoms with Crippen LogP contribution in [-0.4, -0.2) is 46.6 Å². The quantitative estimate of drug-likeness (QED) is 0.775. The number of thiazole rings is 1. The average molecular weight is 364 g/mol. The minimum Gasteiger partial charge on any atom is -0.493 e. The second-order valence-corrected chi connectivity index (χ2v) is 6.27. The van der Waals surface area contributed by atoms with Gasteiger partial charge in [0.05, 0.1) is 18.3 Å². The molecule has 1 amide bonds. The van der Waals surface area contributed by atoms with E-state index in [0.29, 0.717) is 23.7 Å². The molecule has 0 saturated heterocycles. The summed E-state index contributed by atoms with van der Waals surface area (Å²) in [5.41, 5.74) is 2.87. The van der Waals surface area contributed by atoms with Crippen LogP contribution in [0.3, 0.4) is 0 Å². The first kappa shape index (κ1) is 18.7. The van der Waals surface area contributed by atoms with Gasteiger partial charge in [0.2, 0.25) is 0 Å². The van der Waals surface area contributed by atoms with Crippen LogP contribution in [-0.2, 0) is 11.4 Å². The molecule has 0 aliphatic carbocycles. The van der Waals surface area contributed by atoms with Crippen molar-refractivity contribution >= 4 is 23.2 Å². The Morgan fingerprint density at radius 2 is 2.08 bits per heavy atom. The molecule has 0 saturated carbocycles. The Balaban J connectivity index is 2.18. The second kappa shape index (κ2) is 8.48. The SMILES string of the molecule is COc1cc(C(=O)N(CC(=O)O)C(C)C)ccc1OCc1cscn1. The highest BCUT2D eigenvalue weighted by Crippen LogP contribution is 2.29. The Labute approximate surface area is 149 Å². The second-order valence-electron chi connectivity index (χ2n) is 5.55. The monoisotopic (exact) mass is 364 g/mol. The Hall–Kier alpha value is -2.61. The number of carboxylic acid groups (broad SMARTS) is 1. The maximum Gasteiger partial charge on any atom is 0.323 e. The standard InChI is InChI=1S/C17H20N2O5S/c1-11(2)19(7-16(20)21)17(22)12-4-5-14(15(6-12)23-3)24-8-13-9-25-10-18-13/h4-6,9-11H,7-8H2,1-3H3,(H,20,21). The van der Waals surface area contributed by atoms with Gasteiger partial charge >= 0.3 is 5.97 Å². The van der Waals surface area contributed by atoms with Crippen LogP contribution in [0.1, 0.15) is 29.9 Å². The van der Waals surface area contributed by atoms with Gasteiger partial charge in [0, 0.05) is 17.0 Å². The van der Waals surface area contributed by atoms with Crippen LogP contribution in [0.25, 0.3) is 0 Å². The molecule has 0 radical (unpaired) electrons. The lowest BCUT2D eigenvalue weighted by atomic mass is 10.1. The molecule has 2 aromatic rings. The van der Waals surface area contributed by atoms with Crippen molar-refractivity contribution in [1.82, 2.24) is 9.88 Å². The maximum absolute atomic E-state index is 12.6. The van der Waals surface area contributed by atoms with Gasteiger partial charge in [-0.25, -0.2) is 4.98 Å². The average Bonchev–Trinajstić information content (AvgIpc) is 3.10. The lowest BCUT2D eigenvalue weighted by Gasteiger charge is -2.25. The van der Waals surface area contributed by atoms with E-state index in [1.807, 2.05) is 5.38 Å². The normalized spacial score (nSPS) is 10.6. The molecule has 0 fully saturated rings. The molecule has 0 aliphatic rings. The number of ether oxygens (including phenoxy) is 2. The van der Waals surface area contributed by atoms with E-state index in [-0.39, 0.29) is 18.5 Å². The first-order valence-electron chi connectivity index (χ1n) is 7.63. The molecule has 1 N–H and O–H groups in total. The number of carbonyl (C=O) groups excluding carboxylic acids is 1. The minimum absolute atomic E-state index is 0.241. The molecule has 1 aromatic heterocycles. The van der Waals surface area contributed by atoms with Crippen LogP contribution >= 0.6 is 11.3 Å². The molecule has 0 atom stereocenters. The van der Waals surface area contributed by atoms with Crippen molar-refractivity contribution in [3.05, 3.63) is 40.3 Å². The largest absolute Gasteiger partial charge is 0.493 e. The molecule has 134 valence electrons. The fraction of sp³-hybridized carbons (Fsp3) is 0.353. The number of methoxy groups -OCH3 is 1. The van der Waals surface area contributed by atoms with E-state index >= 15 is 0 Å². The number of rotatable bonds is 8. The molecule has 8 heteroatoms. The summed E-state index contributed by atoms with van der Waals surface area (Å²) in [5.74, 6) is -0.541. The van der Waals surface area contributed by atoms with Crippen molar-refractivity contribution in [2.75, 3.05) is 13.7 Å². The molecule has 0 spiro atoms. The van der Waals surface area contributed by atoms with E-state index < -0.39 is 5.97 Å². The van der Waals surface area contributed by atoms with Crippen LogP contribution in [0.5, 0.6) is 11.5 Å². The van der Waals surface area contributed by atoms with Gasteiger partial charge in [0.15, 0.2) is 11.5 Å². The zero-order valence-electron chi connectivity index (χ0n) is 14.3. The smallest absolute Gasteiger partial charge is 0.323 e. The fourth-order valence-corrected chi connectivity index (χ4v) is 2.72. The van der Waals surface area contributed by atoms with Gasteiger partial charge in [-0.2, -0.15) is 0 Å². The topological polar surface area (TPSA) is 89.0 Å². The van der Waals surface area contributed by atoms with Crippen LogP contribution in [0.4, 0.5) is 0 Å². The molecule has 2 rings (SSSR count). The lowest BCUT2D eigenvalue weighted by Crippen LogP contribution is -2.40. The summed E-state index contributed by atoms with van der Waals surface area (Å²) in [7, 11) is 1.48. The minimum atomic E-state index is -1.06. The van der Waals surface area contributed by atoms with Gasteiger partial charge in [-0.05, 0) is 32.0 Å². The zero-order valence-corrected chi connectivity index (χ0v) is 15.1. The van der Waals surface area contributed by atoms with Crippen LogP contribution in [0.15, 0.2) is 29.1 Å². The van der Waals surface area contributed by atoms with E-state index in [1.165, 1.54) is 23.3 Å². The van der Waals surface area contributed by atoms with Gasteiger partial charge < -0.3 is 19.5 Å². The third kappa shape index (κ3) is 4.93. The van der Waals surface area contributed by atoms with Gasteiger partial charge in [-0.3, -0.25) is 9.59 Å². The number of aromatic nitrogens is 1. The van der Waals surface area contributed by atoms with Crippen molar-refractivity contribution in [3.63, 3.8) is 0 Å². The summed E-state index contributed by atoms with van der Waals surface area (Å²) in [6.07, 6.45) is 0. The number of hydrogen-bond acceptors (Lipinski definition) is 6. The molecule has 25 heavy (non-hydrogen) atoms. The molecule has 0 bridgehead atoms. The van der Waals surface area contributed by atoms with Gasteiger partial charge in [-0.15, -0.1) is 11.3 Å². The summed E-state index contributed by atoms with van der Waals surface area (Å²) in [5, 5.41) is 10.9. The molecule has 1 heterocycles. The van der Waals surface area contributed by atoms with Gasteiger partial charge in [0.25, 0.3) is 5.91 Å². The van der Waals surface area contributed by atoms with Crippen molar-refractivity contribution in [2.45, 2.75) is 26.5 Å². The number of amides is 1. The summed E-state index contributed by atoms with van der Waals surface area (Å²) < 4.78 is 11.0. The summed E-state index contributed by atoms with van der Waals surface area (Å²) >= 11 is 1.48. The predicted octanol–water partition coefficient (Wildman–Crippen LogP) is 2.67. The third-order valence-corrected chi connectivity index (χ3v) is 4.09. The molecule has 7 nitrogen and oxygen atoms in total. The third-order valence-electron chi connectivity index (χ3n) is 3.46. The zero-order chi connectivity index (χ0) is 18.4. The van der Waals surface area contributed by atoms with Crippen LogP contribution in [0, 0.1) is 0 Å². The van der Waals surface area contributed by atoms with Gasteiger partial charge in [-0.1, -0.05) is 0 Å². The first-order valence-corrected chi connectivity index (χ1v) is 8.57. The Morgan fingerprint density at radius 3 is 2.64 bits per heavy atom. The number of carboxylic acids is 1. The Kier molecular flexibility index (Phi) is 6.35. The van der Waals surface area contributed by atoms with Crippen molar-refractivity contribution < 1.29 is 24.2 Å². The molecule has 0 aliphatic heterocycles. The van der Waals surface area contributed by atoms with E-state index in [9.17, 15) is 9.59 Å². The van der Waals surface area contributed by atoms with Crippen molar-refractivity contribution in [1.29, 1.82) is 0 Å². The van der Waals surface area contributed by atoms with Crippen LogP contribution < -0.4 is 9.47 Å². The molecular weight excluding hydrogens is 344 g/mol. The van der Waals surface area contributed by atoms with E-state index in [1.54, 1.807) is 37.6 Å². The maximum atomic E-state index is 12.6. The highest BCUT2D eigenvalue weighted by atomic mass is 32.1. The van der Waals surface area contributed by atoms with E-state index in [0.717, 1.165) is 5.69 Å². The number of aliphatic carboxylic acids is 1. The molecule has 0 unspecified atom stereocenters. The number of benzene rings is 1. The van der Waals surface area contributed by atoms with Crippen LogP contribution in [0.2, 0.25) is 0 Å². The van der Waals surface area contributed by atoms with Crippen molar-refractivity contribution in [2.24, 2.45) is 0 Å². The highest BCUT2D eigenvalue weighted by molar-refractivity contribution is 7.07. The fourth-order valence-electron chi connectivity index (χ4n) is 2.18. The van der Waals surface area contributed by atoms with Crippen molar-refractivity contribution in [3.8, 4) is 11.5 Å². The molecular formula is C17H20N2O5S. The Bertz CT molecular complexity index is 731. The predicted molar refractivity (Wildman–Crippen MR) is 93.2 cm³/mol. The number of nitrogens with zero attached hydrogens (tertiary/aromatic N) is 2. The summed E-state index contributed by atoms with van der Waals surface area (Å²) in [6.45, 7) is 3.47. The Morgan fingerprint density at radius 1 is 1.32 bits per heavy atom. The van der Waals surface area contributed by atoms with E-state index in [2.05, 4.69) is 4.98 Å². The lowest BCUT2D eigenvalue weighted by molar-refractivity contribution is -0.138. The number of hydrogen-bond donors (Lipinski definition) is 1. The van der Waals surface area contributed by atoms with Gasteiger partial charge in [0.1, 0.15) is 13.2 Å².